The predicted octanol–water partition coefficient (Wildman–Crippen LogP) is 6.21. The number of rotatable bonds is 18. The molecule has 4 aromatic carbocycles. The van der Waals surface area contributed by atoms with Gasteiger partial charge in [-0.15, -0.1) is 0 Å². The van der Waals surface area contributed by atoms with Crippen molar-refractivity contribution in [3.05, 3.63) is 144 Å². The maximum Gasteiger partial charge on any atom is 0.338 e. The molecule has 0 radical (unpaired) electrons. The zero-order valence-electron chi connectivity index (χ0n) is 26.7. The summed E-state index contributed by atoms with van der Waals surface area (Å²) >= 11 is 0. The van der Waals surface area contributed by atoms with Crippen molar-refractivity contribution >= 4 is 23.9 Å². The summed E-state index contributed by atoms with van der Waals surface area (Å²) in [6.45, 7) is 2.43. The number of esters is 4. The van der Waals surface area contributed by atoms with Crippen LogP contribution in [0.3, 0.4) is 0 Å². The maximum absolute atomic E-state index is 11.7. The first-order valence-corrected chi connectivity index (χ1v) is 15.6. The molecule has 0 N–H and O–H groups in total. The van der Waals surface area contributed by atoms with Gasteiger partial charge >= 0.3 is 23.9 Å². The molecule has 10 nitrogen and oxygen atoms in total. The molecular formula is C38H40O10. The second-order valence-corrected chi connectivity index (χ2v) is 9.94. The summed E-state index contributed by atoms with van der Waals surface area (Å²) in [7, 11) is 0. The Balaban J connectivity index is 0.000000261. The Kier molecular flexibility index (Phi) is 17.9. The highest BCUT2D eigenvalue weighted by Crippen LogP contribution is 2.04. The van der Waals surface area contributed by atoms with Gasteiger partial charge in [0.15, 0.2) is 0 Å². The van der Waals surface area contributed by atoms with E-state index in [4.69, 9.17) is 28.4 Å². The van der Waals surface area contributed by atoms with Crippen LogP contribution in [0.15, 0.2) is 121 Å². The zero-order chi connectivity index (χ0) is 34.1. The van der Waals surface area contributed by atoms with E-state index in [-0.39, 0.29) is 50.3 Å². The minimum Gasteiger partial charge on any atom is -0.462 e. The standard InChI is InChI=1S/C20H22O5.C18H18O5/c21-19(17-9-3-1-4-10-17)24-15-7-13-23-14-8-16-25-20(22)18-11-5-2-6-12-18;19-17(15-7-3-1-4-8-15)22-13-11-21-12-14-23-18(20)16-9-5-2-6-10-16/h1-6,9-12H,7-8,13-16H2;1-10H,11-14H2. The van der Waals surface area contributed by atoms with Crippen LogP contribution in [0, 0.1) is 0 Å². The van der Waals surface area contributed by atoms with Gasteiger partial charge < -0.3 is 28.4 Å². The Morgan fingerprint density at radius 3 is 0.854 bits per heavy atom. The van der Waals surface area contributed by atoms with Crippen LogP contribution >= 0.6 is 0 Å². The monoisotopic (exact) mass is 656 g/mol. The molecular weight excluding hydrogens is 616 g/mol. The quantitative estimate of drug-likeness (QED) is 0.0693. The highest BCUT2D eigenvalue weighted by molar-refractivity contribution is 5.90. The summed E-state index contributed by atoms with van der Waals surface area (Å²) in [5.74, 6) is -1.42. The number of ether oxygens (including phenoxy) is 6. The van der Waals surface area contributed by atoms with Gasteiger partial charge in [0.05, 0.1) is 48.7 Å². The lowest BCUT2D eigenvalue weighted by molar-refractivity contribution is 0.0150. The molecule has 0 aliphatic heterocycles. The molecule has 0 amide bonds. The Hall–Kier alpha value is -5.32. The van der Waals surface area contributed by atoms with E-state index in [1.807, 2.05) is 24.3 Å². The third-order valence-corrected chi connectivity index (χ3v) is 6.29. The Bertz CT molecular complexity index is 1370. The van der Waals surface area contributed by atoms with Crippen molar-refractivity contribution in [2.24, 2.45) is 0 Å². The number of carbonyl (C=O) groups is 4. The summed E-state index contributed by atoms with van der Waals surface area (Å²) < 4.78 is 31.1. The molecule has 48 heavy (non-hydrogen) atoms. The molecule has 0 atom stereocenters. The molecule has 0 saturated heterocycles. The first kappa shape index (κ1) is 37.1. The van der Waals surface area contributed by atoms with E-state index in [9.17, 15) is 19.2 Å². The van der Waals surface area contributed by atoms with Crippen molar-refractivity contribution < 1.29 is 47.6 Å². The fourth-order valence-electron chi connectivity index (χ4n) is 3.87. The van der Waals surface area contributed by atoms with Crippen molar-refractivity contribution in [1.29, 1.82) is 0 Å². The third kappa shape index (κ3) is 15.3. The van der Waals surface area contributed by atoms with Crippen LogP contribution in [-0.4, -0.2) is 76.7 Å². The summed E-state index contributed by atoms with van der Waals surface area (Å²) in [4.78, 5) is 46.6. The fourth-order valence-corrected chi connectivity index (χ4v) is 3.87. The molecule has 0 unspecified atom stereocenters. The molecule has 0 fully saturated rings. The first-order chi connectivity index (χ1) is 23.5. The molecule has 4 rings (SSSR count). The predicted molar refractivity (Wildman–Crippen MR) is 178 cm³/mol. The fraction of sp³-hybridized carbons (Fsp3) is 0.263. The lowest BCUT2D eigenvalue weighted by Gasteiger charge is -2.07. The number of carbonyl (C=O) groups excluding carboxylic acids is 4. The lowest BCUT2D eigenvalue weighted by Crippen LogP contribution is -2.14. The molecule has 0 aliphatic carbocycles. The second kappa shape index (κ2) is 23.1. The van der Waals surface area contributed by atoms with Crippen molar-refractivity contribution in [2.75, 3.05) is 52.9 Å². The van der Waals surface area contributed by atoms with Gasteiger partial charge in [0, 0.05) is 26.1 Å². The normalized spacial score (nSPS) is 10.2. The molecule has 0 bridgehead atoms. The lowest BCUT2D eigenvalue weighted by atomic mass is 10.2. The van der Waals surface area contributed by atoms with E-state index >= 15 is 0 Å². The SMILES string of the molecule is O=C(OCCCOCCCOC(=O)c1ccccc1)c1ccccc1.O=C(OCCOCCOC(=O)c1ccccc1)c1ccccc1. The van der Waals surface area contributed by atoms with E-state index in [0.29, 0.717) is 61.5 Å². The summed E-state index contributed by atoms with van der Waals surface area (Å²) in [6, 6.07) is 35.2. The van der Waals surface area contributed by atoms with Gasteiger partial charge in [0.25, 0.3) is 0 Å². The van der Waals surface area contributed by atoms with Gasteiger partial charge in [-0.3, -0.25) is 0 Å². The van der Waals surface area contributed by atoms with Crippen LogP contribution in [0.4, 0.5) is 0 Å². The average Bonchev–Trinajstić information content (AvgIpc) is 3.15. The van der Waals surface area contributed by atoms with Crippen LogP contribution in [0.2, 0.25) is 0 Å². The van der Waals surface area contributed by atoms with Crippen LogP contribution in [0.25, 0.3) is 0 Å². The van der Waals surface area contributed by atoms with E-state index < -0.39 is 0 Å². The highest BCUT2D eigenvalue weighted by Gasteiger charge is 2.08. The Labute approximate surface area is 280 Å². The smallest absolute Gasteiger partial charge is 0.338 e. The van der Waals surface area contributed by atoms with Crippen molar-refractivity contribution in [2.45, 2.75) is 12.8 Å². The number of hydrogen-bond donors (Lipinski definition) is 0. The molecule has 0 aromatic heterocycles. The van der Waals surface area contributed by atoms with Gasteiger partial charge in [0.2, 0.25) is 0 Å². The van der Waals surface area contributed by atoms with E-state index in [2.05, 4.69) is 0 Å². The second-order valence-electron chi connectivity index (χ2n) is 9.94. The van der Waals surface area contributed by atoms with E-state index in [0.717, 1.165) is 0 Å². The molecule has 0 saturated carbocycles. The summed E-state index contributed by atoms with van der Waals surface area (Å²) in [6.07, 6.45) is 1.25. The zero-order valence-corrected chi connectivity index (χ0v) is 26.7. The minimum atomic E-state index is -0.385. The molecule has 0 heterocycles. The van der Waals surface area contributed by atoms with Crippen molar-refractivity contribution in [3.8, 4) is 0 Å². The maximum atomic E-state index is 11.7. The van der Waals surface area contributed by atoms with Crippen LogP contribution < -0.4 is 0 Å². The summed E-state index contributed by atoms with van der Waals surface area (Å²) in [5.41, 5.74) is 2.10. The highest BCUT2D eigenvalue weighted by atomic mass is 16.6. The molecule has 0 spiro atoms. The van der Waals surface area contributed by atoms with Crippen LogP contribution in [0.5, 0.6) is 0 Å². The van der Waals surface area contributed by atoms with Gasteiger partial charge in [0.1, 0.15) is 13.2 Å². The van der Waals surface area contributed by atoms with Crippen LogP contribution in [0.1, 0.15) is 54.3 Å². The minimum absolute atomic E-state index is 0.153. The number of benzene rings is 4. The van der Waals surface area contributed by atoms with Crippen molar-refractivity contribution in [3.63, 3.8) is 0 Å². The Morgan fingerprint density at radius 1 is 0.312 bits per heavy atom. The van der Waals surface area contributed by atoms with Gasteiger partial charge in [-0.25, -0.2) is 19.2 Å². The molecule has 10 heteroatoms. The molecule has 252 valence electrons. The van der Waals surface area contributed by atoms with E-state index in [1.165, 1.54) is 0 Å². The third-order valence-electron chi connectivity index (χ3n) is 6.29. The first-order valence-electron chi connectivity index (χ1n) is 15.6. The molecule has 0 aliphatic rings. The van der Waals surface area contributed by atoms with Crippen LogP contribution in [-0.2, 0) is 28.4 Å². The van der Waals surface area contributed by atoms with E-state index in [1.54, 1.807) is 97.1 Å². The molecule has 4 aromatic rings. The summed E-state index contributed by atoms with van der Waals surface area (Å²) in [5, 5.41) is 0. The Morgan fingerprint density at radius 2 is 0.562 bits per heavy atom. The topological polar surface area (TPSA) is 124 Å². The number of hydrogen-bond acceptors (Lipinski definition) is 10. The average molecular weight is 657 g/mol. The largest absolute Gasteiger partial charge is 0.462 e. The van der Waals surface area contributed by atoms with Crippen molar-refractivity contribution in [1.82, 2.24) is 0 Å². The van der Waals surface area contributed by atoms with Gasteiger partial charge in [-0.2, -0.15) is 0 Å². The van der Waals surface area contributed by atoms with Gasteiger partial charge in [-0.05, 0) is 48.5 Å². The van der Waals surface area contributed by atoms with Gasteiger partial charge in [-0.1, -0.05) is 72.8 Å².